The van der Waals surface area contributed by atoms with Crippen molar-refractivity contribution in [3.8, 4) is 0 Å². The first-order chi connectivity index (χ1) is 19.4. The van der Waals surface area contributed by atoms with Gasteiger partial charge in [0.2, 0.25) is 5.91 Å². The summed E-state index contributed by atoms with van der Waals surface area (Å²) in [5.74, 6) is -0.549. The molecule has 238 valence electrons. The third-order valence-corrected chi connectivity index (χ3v) is 8.25. The Balaban J connectivity index is 1.67. The largest absolute Gasteiger partial charge is 0.472 e. The van der Waals surface area contributed by atoms with Crippen molar-refractivity contribution in [2.24, 2.45) is 5.92 Å². The van der Waals surface area contributed by atoms with Crippen LogP contribution in [0.1, 0.15) is 32.6 Å². The van der Waals surface area contributed by atoms with Gasteiger partial charge in [-0.25, -0.2) is 4.57 Å². The molecule has 0 aromatic heterocycles. The van der Waals surface area contributed by atoms with Crippen LogP contribution in [0.3, 0.4) is 0 Å². The Kier molecular flexibility index (Phi) is 15.9. The van der Waals surface area contributed by atoms with Crippen LogP contribution in [-0.2, 0) is 37.4 Å². The Morgan fingerprint density at radius 2 is 1.76 bits per heavy atom. The molecule has 0 aromatic rings. The molecule has 1 amide bonds. The van der Waals surface area contributed by atoms with Crippen LogP contribution >= 0.6 is 20.0 Å². The van der Waals surface area contributed by atoms with Crippen LogP contribution < -0.4 is 16.0 Å². The number of nitrogens with one attached hydrogen (secondary N) is 3. The molecule has 2 unspecified atom stereocenters. The van der Waals surface area contributed by atoms with E-state index in [4.69, 9.17) is 35.7 Å². The summed E-state index contributed by atoms with van der Waals surface area (Å²) in [4.78, 5) is 21.3. The molecule has 10 atom stereocenters. The topological polar surface area (TPSA) is 207 Å². The van der Waals surface area contributed by atoms with Crippen molar-refractivity contribution >= 4 is 38.9 Å². The minimum atomic E-state index is -4.20. The average Bonchev–Trinajstić information content (AvgIpc) is 3.20. The minimum Gasteiger partial charge on any atom is -0.394 e. The number of aliphatic hydroxyl groups is 3. The lowest BCUT2D eigenvalue weighted by Gasteiger charge is -2.42. The van der Waals surface area contributed by atoms with Gasteiger partial charge in [0.25, 0.3) is 0 Å². The first kappa shape index (κ1) is 36.2. The SMILES string of the molecule is B[C@@H]1O[C@H](COC)[C@H](OP(=O)(O)OC)C1CCCNC(=S)NCCCCO[C@@H]1O[C@H](CO)[C@H](O)[C@H](O)[C@H]1NC(C)=O. The van der Waals surface area contributed by atoms with Crippen molar-refractivity contribution in [3.05, 3.63) is 0 Å². The molecule has 15 nitrogen and oxygen atoms in total. The summed E-state index contributed by atoms with van der Waals surface area (Å²) in [7, 11) is 0.340. The highest BCUT2D eigenvalue weighted by atomic mass is 32.1. The second kappa shape index (κ2) is 18.0. The number of thiocarbonyl (C=S) groups is 1. The van der Waals surface area contributed by atoms with Gasteiger partial charge in [-0.2, -0.15) is 0 Å². The third kappa shape index (κ3) is 11.6. The van der Waals surface area contributed by atoms with Crippen LogP contribution in [0.5, 0.6) is 0 Å². The Morgan fingerprint density at radius 3 is 2.37 bits per heavy atom. The molecule has 41 heavy (non-hydrogen) atoms. The highest BCUT2D eigenvalue weighted by Crippen LogP contribution is 2.48. The van der Waals surface area contributed by atoms with E-state index in [-0.39, 0.29) is 25.1 Å². The van der Waals surface area contributed by atoms with Gasteiger partial charge in [-0.1, -0.05) is 0 Å². The van der Waals surface area contributed by atoms with E-state index in [0.717, 1.165) is 7.11 Å². The Hall–Kier alpha value is -0.945. The molecular weight excluding hydrogens is 584 g/mol. The number of unbranched alkanes of at least 4 members (excludes halogenated alkanes) is 1. The fraction of sp³-hybridized carbons (Fsp3) is 0.913. The predicted octanol–water partition coefficient (Wildman–Crippen LogP) is -2.28. The minimum absolute atomic E-state index is 0.135. The fourth-order valence-electron chi connectivity index (χ4n) is 4.88. The molecule has 2 saturated heterocycles. The fourth-order valence-corrected chi connectivity index (χ4v) is 5.77. The van der Waals surface area contributed by atoms with E-state index in [2.05, 4.69) is 20.5 Å². The van der Waals surface area contributed by atoms with Crippen LogP contribution in [0.4, 0.5) is 0 Å². The van der Waals surface area contributed by atoms with Gasteiger partial charge in [-0.3, -0.25) is 13.8 Å². The lowest BCUT2D eigenvalue weighted by molar-refractivity contribution is -0.270. The van der Waals surface area contributed by atoms with E-state index in [1.807, 2.05) is 7.85 Å². The standard InChI is InChI=1S/C23H45BN3O12PS/c1-13(29)27-17-19(31)18(30)15(11-28)38-22(17)36-10-5-4-8-25-23(41)26-9-6-7-14-20(39-40(32,33)35-3)16(12-34-2)37-21(14)24/h14-22,28,30-31H,4-12,24H2,1-3H3,(H,27,29)(H,32,33)(H2,25,26,41)/t14?,15-,16-,17-,18+,19-,20-,21-,22-/m1/s1. The molecular formula is C23H45BN3O12PS. The number of hydrogen-bond acceptors (Lipinski definition) is 12. The van der Waals surface area contributed by atoms with Crippen LogP contribution in [0.2, 0.25) is 0 Å². The molecule has 0 radical (unpaired) electrons. The third-order valence-electron chi connectivity index (χ3n) is 6.99. The molecule has 0 bridgehead atoms. The average molecular weight is 629 g/mol. The number of rotatable bonds is 17. The molecule has 0 aliphatic carbocycles. The van der Waals surface area contributed by atoms with Crippen molar-refractivity contribution in [1.82, 2.24) is 16.0 Å². The zero-order chi connectivity index (χ0) is 30.6. The number of aliphatic hydroxyl groups excluding tert-OH is 3. The summed E-state index contributed by atoms with van der Waals surface area (Å²) in [6.45, 7) is 2.40. The second-order valence-corrected chi connectivity index (χ2v) is 12.0. The van der Waals surface area contributed by atoms with Crippen molar-refractivity contribution in [3.63, 3.8) is 0 Å². The van der Waals surface area contributed by atoms with Crippen LogP contribution in [0.25, 0.3) is 0 Å². The summed E-state index contributed by atoms with van der Waals surface area (Å²) in [5.41, 5.74) is 0. The van der Waals surface area contributed by atoms with Gasteiger partial charge >= 0.3 is 7.82 Å². The Morgan fingerprint density at radius 1 is 1.07 bits per heavy atom. The second-order valence-electron chi connectivity index (χ2n) is 10.1. The summed E-state index contributed by atoms with van der Waals surface area (Å²) < 4.78 is 44.3. The van der Waals surface area contributed by atoms with E-state index in [1.165, 1.54) is 14.0 Å². The van der Waals surface area contributed by atoms with E-state index >= 15 is 0 Å². The molecule has 2 aliphatic heterocycles. The zero-order valence-electron chi connectivity index (χ0n) is 24.0. The maximum Gasteiger partial charge on any atom is 0.472 e. The summed E-state index contributed by atoms with van der Waals surface area (Å²) in [6, 6.07) is -1.17. The van der Waals surface area contributed by atoms with Gasteiger partial charge < -0.3 is 55.1 Å². The molecule has 0 saturated carbocycles. The molecule has 7 N–H and O–H groups in total. The smallest absolute Gasteiger partial charge is 0.394 e. The zero-order valence-corrected chi connectivity index (χ0v) is 25.7. The number of carbonyl (C=O) groups is 1. The summed E-state index contributed by atoms with van der Waals surface area (Å²) in [6.07, 6.45) is -3.20. The molecule has 0 aromatic carbocycles. The van der Waals surface area contributed by atoms with Crippen LogP contribution in [-0.4, -0.2) is 135 Å². The van der Waals surface area contributed by atoms with E-state index in [9.17, 15) is 29.6 Å². The molecule has 2 heterocycles. The first-order valence-electron chi connectivity index (χ1n) is 13.7. The van der Waals surface area contributed by atoms with E-state index in [1.54, 1.807) is 0 Å². The lowest BCUT2D eigenvalue weighted by atomic mass is 9.82. The highest BCUT2D eigenvalue weighted by Gasteiger charge is 2.46. The molecule has 2 aliphatic rings. The van der Waals surface area contributed by atoms with Crippen molar-refractivity contribution in [2.75, 3.05) is 47.1 Å². The maximum atomic E-state index is 12.0. The van der Waals surface area contributed by atoms with E-state index in [0.29, 0.717) is 43.9 Å². The van der Waals surface area contributed by atoms with Crippen molar-refractivity contribution in [1.29, 1.82) is 0 Å². The van der Waals surface area contributed by atoms with E-state index < -0.39 is 63.2 Å². The maximum absolute atomic E-state index is 12.0. The van der Waals surface area contributed by atoms with Gasteiger partial charge in [0.05, 0.1) is 13.2 Å². The monoisotopic (exact) mass is 629 g/mol. The summed E-state index contributed by atoms with van der Waals surface area (Å²) >= 11 is 5.33. The van der Waals surface area contributed by atoms with Crippen molar-refractivity contribution in [2.45, 2.75) is 81.5 Å². The van der Waals surface area contributed by atoms with Gasteiger partial charge in [0.1, 0.15) is 44.4 Å². The highest BCUT2D eigenvalue weighted by molar-refractivity contribution is 7.80. The Bertz CT molecular complexity index is 867. The first-order valence-corrected chi connectivity index (χ1v) is 15.6. The van der Waals surface area contributed by atoms with Crippen LogP contribution in [0, 0.1) is 5.92 Å². The number of hydrogen-bond donors (Lipinski definition) is 7. The Labute approximate surface area is 246 Å². The van der Waals surface area contributed by atoms with Gasteiger partial charge in [-0.05, 0) is 37.9 Å². The lowest BCUT2D eigenvalue weighted by Crippen LogP contribution is -2.64. The molecule has 0 spiro atoms. The number of phosphoric ester groups is 1. The van der Waals surface area contributed by atoms with Gasteiger partial charge in [0.15, 0.2) is 11.4 Å². The van der Waals surface area contributed by atoms with Crippen molar-refractivity contribution < 1.29 is 57.6 Å². The van der Waals surface area contributed by atoms with Gasteiger partial charge in [-0.15, -0.1) is 0 Å². The molecule has 18 heteroatoms. The quantitative estimate of drug-likeness (QED) is 0.0392. The number of methoxy groups -OCH3 is 1. The number of amides is 1. The predicted molar refractivity (Wildman–Crippen MR) is 153 cm³/mol. The molecule has 2 rings (SSSR count). The van der Waals surface area contributed by atoms with Crippen LogP contribution in [0.15, 0.2) is 0 Å². The number of ether oxygens (including phenoxy) is 4. The van der Waals surface area contributed by atoms with Gasteiger partial charge in [0, 0.05) is 52.8 Å². The number of carbonyl (C=O) groups excluding carboxylic acids is 1. The molecule has 2 fully saturated rings. The number of phosphoric acid groups is 1. The normalized spacial score (nSPS) is 33.2. The summed E-state index contributed by atoms with van der Waals surface area (Å²) in [5, 5.41) is 39.0.